The molecule has 1 N–H and O–H groups in total. The number of hydrogen-bond acceptors (Lipinski definition) is 4. The van der Waals surface area contributed by atoms with Crippen LogP contribution >= 0.6 is 11.6 Å². The van der Waals surface area contributed by atoms with E-state index in [1.807, 2.05) is 12.1 Å². The Morgan fingerprint density at radius 3 is 2.78 bits per heavy atom. The summed E-state index contributed by atoms with van der Waals surface area (Å²) in [6.45, 7) is 0. The molecule has 27 heavy (non-hydrogen) atoms. The lowest BCUT2D eigenvalue weighted by Crippen LogP contribution is -2.40. The van der Waals surface area contributed by atoms with Crippen molar-refractivity contribution in [3.05, 3.63) is 29.1 Å². The molecule has 0 radical (unpaired) electrons. The number of hydrogen-bond donors (Lipinski definition) is 1. The van der Waals surface area contributed by atoms with Gasteiger partial charge in [-0.3, -0.25) is 9.59 Å². The number of benzene rings is 1. The third kappa shape index (κ3) is 3.95. The van der Waals surface area contributed by atoms with Crippen molar-refractivity contribution in [2.24, 2.45) is 0 Å². The van der Waals surface area contributed by atoms with Gasteiger partial charge in [0.2, 0.25) is 11.8 Å². The summed E-state index contributed by atoms with van der Waals surface area (Å²) in [5.74, 6) is 1.22. The topological polar surface area (TPSA) is 75.4 Å². The van der Waals surface area contributed by atoms with Crippen LogP contribution in [0.1, 0.15) is 56.8 Å². The highest BCUT2D eigenvalue weighted by molar-refractivity contribution is 6.31. The number of aromatic nitrogens is 1. The van der Waals surface area contributed by atoms with Gasteiger partial charge in [-0.1, -0.05) is 11.6 Å². The second kappa shape index (κ2) is 7.50. The van der Waals surface area contributed by atoms with Gasteiger partial charge in [0.05, 0.1) is 0 Å². The zero-order valence-corrected chi connectivity index (χ0v) is 16.2. The summed E-state index contributed by atoms with van der Waals surface area (Å²) in [5, 5.41) is 3.80. The second-order valence-electron chi connectivity index (χ2n) is 7.68. The van der Waals surface area contributed by atoms with E-state index in [1.54, 1.807) is 18.0 Å². The molecular weight excluding hydrogens is 366 g/mol. The fraction of sp³-hybridized carbons (Fsp3) is 0.550. The number of carbonyl (C=O) groups is 2. The predicted octanol–water partition coefficient (Wildman–Crippen LogP) is 3.63. The number of nitrogens with zero attached hydrogens (tertiary/aromatic N) is 2. The van der Waals surface area contributed by atoms with Crippen molar-refractivity contribution in [1.29, 1.82) is 0 Å². The van der Waals surface area contributed by atoms with E-state index in [4.69, 9.17) is 16.0 Å². The van der Waals surface area contributed by atoms with Crippen LogP contribution in [0.2, 0.25) is 5.02 Å². The molecule has 1 aliphatic heterocycles. The molecule has 1 aromatic carbocycles. The summed E-state index contributed by atoms with van der Waals surface area (Å²) in [6.07, 6.45) is 5.42. The molecule has 2 aromatic rings. The van der Waals surface area contributed by atoms with Crippen molar-refractivity contribution in [3.8, 4) is 0 Å². The van der Waals surface area contributed by atoms with Crippen molar-refractivity contribution in [1.82, 2.24) is 15.2 Å². The summed E-state index contributed by atoms with van der Waals surface area (Å²) in [6, 6.07) is 5.71. The number of fused-ring (bicyclic) bond motifs is 1. The number of carbonyl (C=O) groups excluding carboxylic acids is 2. The lowest BCUT2D eigenvalue weighted by Gasteiger charge is -2.28. The highest BCUT2D eigenvalue weighted by Crippen LogP contribution is 2.34. The number of halogens is 1. The van der Waals surface area contributed by atoms with E-state index >= 15 is 0 Å². The van der Waals surface area contributed by atoms with Crippen LogP contribution in [0.25, 0.3) is 11.1 Å². The quantitative estimate of drug-likeness (QED) is 0.866. The predicted molar refractivity (Wildman–Crippen MR) is 103 cm³/mol. The Labute approximate surface area is 163 Å². The smallest absolute Gasteiger partial charge is 0.222 e. The SMILES string of the molecule is CN1C(=O)CCC1CC(=O)NC1CCC(c2nc3cc(Cl)ccc3o2)CC1. The van der Waals surface area contributed by atoms with E-state index in [0.717, 1.165) is 49.1 Å². The maximum Gasteiger partial charge on any atom is 0.222 e. The Kier molecular flexibility index (Phi) is 5.08. The van der Waals surface area contributed by atoms with E-state index < -0.39 is 0 Å². The normalized spacial score (nSPS) is 25.9. The average molecular weight is 390 g/mol. The van der Waals surface area contributed by atoms with Gasteiger partial charge in [-0.05, 0) is 50.3 Å². The monoisotopic (exact) mass is 389 g/mol. The first-order chi connectivity index (χ1) is 13.0. The van der Waals surface area contributed by atoms with Gasteiger partial charge in [-0.15, -0.1) is 0 Å². The molecule has 1 aliphatic carbocycles. The molecule has 2 heterocycles. The maximum absolute atomic E-state index is 12.3. The first-order valence-corrected chi connectivity index (χ1v) is 9.98. The highest BCUT2D eigenvalue weighted by Gasteiger charge is 2.31. The van der Waals surface area contributed by atoms with Crippen LogP contribution in [-0.2, 0) is 9.59 Å². The lowest BCUT2D eigenvalue weighted by molar-refractivity contribution is -0.128. The fourth-order valence-corrected chi connectivity index (χ4v) is 4.35. The third-order valence-corrected chi connectivity index (χ3v) is 6.10. The lowest BCUT2D eigenvalue weighted by atomic mass is 9.86. The van der Waals surface area contributed by atoms with E-state index in [2.05, 4.69) is 10.3 Å². The summed E-state index contributed by atoms with van der Waals surface area (Å²) in [7, 11) is 1.78. The maximum atomic E-state index is 12.3. The minimum atomic E-state index is 0.0420. The van der Waals surface area contributed by atoms with Crippen LogP contribution in [-0.4, -0.2) is 40.8 Å². The van der Waals surface area contributed by atoms with E-state index in [1.165, 1.54) is 0 Å². The van der Waals surface area contributed by atoms with Crippen molar-refractivity contribution in [3.63, 3.8) is 0 Å². The molecule has 2 aliphatic rings. The summed E-state index contributed by atoms with van der Waals surface area (Å²) < 4.78 is 5.89. The average Bonchev–Trinajstić information content (AvgIpc) is 3.20. The number of oxazole rings is 1. The number of likely N-dealkylation sites (tertiary alicyclic amines) is 1. The molecule has 144 valence electrons. The Bertz CT molecular complexity index is 857. The van der Waals surface area contributed by atoms with Crippen LogP contribution < -0.4 is 5.32 Å². The van der Waals surface area contributed by atoms with Crippen molar-refractivity contribution < 1.29 is 14.0 Å². The fourth-order valence-electron chi connectivity index (χ4n) is 4.18. The van der Waals surface area contributed by atoms with Gasteiger partial charge in [0, 0.05) is 42.9 Å². The molecule has 1 unspecified atom stereocenters. The van der Waals surface area contributed by atoms with Crippen LogP contribution in [0.4, 0.5) is 0 Å². The third-order valence-electron chi connectivity index (χ3n) is 5.86. The molecular formula is C20H24ClN3O3. The molecule has 1 atom stereocenters. The first-order valence-electron chi connectivity index (χ1n) is 9.60. The highest BCUT2D eigenvalue weighted by atomic mass is 35.5. The van der Waals surface area contributed by atoms with Crippen LogP contribution in [0.5, 0.6) is 0 Å². The summed E-state index contributed by atoms with van der Waals surface area (Å²) in [4.78, 5) is 30.2. The molecule has 2 fully saturated rings. The minimum absolute atomic E-state index is 0.0420. The summed E-state index contributed by atoms with van der Waals surface area (Å²) in [5.41, 5.74) is 1.56. The Balaban J connectivity index is 1.29. The molecule has 1 saturated carbocycles. The summed E-state index contributed by atoms with van der Waals surface area (Å²) >= 11 is 6.02. The van der Waals surface area contributed by atoms with Crippen molar-refractivity contribution in [2.45, 2.75) is 62.9 Å². The van der Waals surface area contributed by atoms with Gasteiger partial charge in [-0.2, -0.15) is 0 Å². The van der Waals surface area contributed by atoms with Gasteiger partial charge >= 0.3 is 0 Å². The van der Waals surface area contributed by atoms with E-state index in [0.29, 0.717) is 17.9 Å². The molecule has 7 heteroatoms. The van der Waals surface area contributed by atoms with E-state index in [-0.39, 0.29) is 29.8 Å². The molecule has 6 nitrogen and oxygen atoms in total. The first kappa shape index (κ1) is 18.3. The molecule has 1 aromatic heterocycles. The standard InChI is InChI=1S/C20H24ClN3O3/c1-24-15(7-9-19(24)26)11-18(25)22-14-5-2-12(3-6-14)20-23-16-10-13(21)4-8-17(16)27-20/h4,8,10,12,14-15H,2-3,5-7,9,11H2,1H3,(H,22,25). The van der Waals surface area contributed by atoms with Gasteiger partial charge in [0.15, 0.2) is 11.5 Å². The zero-order valence-electron chi connectivity index (χ0n) is 15.4. The molecule has 2 amide bonds. The molecule has 0 bridgehead atoms. The number of rotatable bonds is 4. The number of amides is 2. The van der Waals surface area contributed by atoms with Crippen molar-refractivity contribution >= 4 is 34.5 Å². The van der Waals surface area contributed by atoms with Crippen LogP contribution in [0, 0.1) is 0 Å². The van der Waals surface area contributed by atoms with Crippen LogP contribution in [0.15, 0.2) is 22.6 Å². The van der Waals surface area contributed by atoms with Gasteiger partial charge in [-0.25, -0.2) is 4.98 Å². The van der Waals surface area contributed by atoms with Gasteiger partial charge < -0.3 is 14.6 Å². The van der Waals surface area contributed by atoms with Gasteiger partial charge in [0.1, 0.15) is 5.52 Å². The van der Waals surface area contributed by atoms with Crippen LogP contribution in [0.3, 0.4) is 0 Å². The Morgan fingerprint density at radius 2 is 2.07 bits per heavy atom. The minimum Gasteiger partial charge on any atom is -0.440 e. The molecule has 4 rings (SSSR count). The van der Waals surface area contributed by atoms with E-state index in [9.17, 15) is 9.59 Å². The Morgan fingerprint density at radius 1 is 1.30 bits per heavy atom. The van der Waals surface area contributed by atoms with Gasteiger partial charge in [0.25, 0.3) is 0 Å². The Hall–Kier alpha value is -2.08. The molecule has 1 saturated heterocycles. The second-order valence-corrected chi connectivity index (χ2v) is 8.12. The zero-order chi connectivity index (χ0) is 19.0. The van der Waals surface area contributed by atoms with Crippen molar-refractivity contribution in [2.75, 3.05) is 7.05 Å². The largest absolute Gasteiger partial charge is 0.440 e. The molecule has 0 spiro atoms. The number of nitrogens with one attached hydrogen (secondary N) is 1.